The van der Waals surface area contributed by atoms with Gasteiger partial charge in [-0.1, -0.05) is 0 Å². The highest BCUT2D eigenvalue weighted by Crippen LogP contribution is 2.36. The summed E-state index contributed by atoms with van der Waals surface area (Å²) >= 11 is 0. The van der Waals surface area contributed by atoms with Gasteiger partial charge in [-0.15, -0.1) is 0 Å². The lowest BCUT2D eigenvalue weighted by Crippen LogP contribution is -2.41. The normalized spacial score (nSPS) is 22.6. The van der Waals surface area contributed by atoms with Crippen LogP contribution in [0.2, 0.25) is 0 Å². The molecule has 1 aromatic heterocycles. The first-order valence-corrected chi connectivity index (χ1v) is 9.66. The van der Waals surface area contributed by atoms with Crippen molar-refractivity contribution in [2.24, 2.45) is 0 Å². The lowest BCUT2D eigenvalue weighted by Gasteiger charge is -2.34. The summed E-state index contributed by atoms with van der Waals surface area (Å²) in [6.07, 6.45) is 1.83. The smallest absolute Gasteiger partial charge is 0.346 e. The van der Waals surface area contributed by atoms with E-state index in [9.17, 15) is 22.4 Å². The van der Waals surface area contributed by atoms with E-state index < -0.39 is 29.3 Å². The van der Waals surface area contributed by atoms with E-state index in [2.05, 4.69) is 5.10 Å². The van der Waals surface area contributed by atoms with Crippen LogP contribution in [-0.4, -0.2) is 20.5 Å². The monoisotopic (exact) mass is 419 g/mol. The number of nitrogens with zero attached hydrogens (tertiary/aromatic N) is 3. The van der Waals surface area contributed by atoms with E-state index in [0.717, 1.165) is 18.2 Å². The van der Waals surface area contributed by atoms with Gasteiger partial charge in [0.1, 0.15) is 29.3 Å². The van der Waals surface area contributed by atoms with Crippen LogP contribution in [0.1, 0.15) is 42.7 Å². The Bertz CT molecular complexity index is 1160. The molecule has 0 N–H and O–H groups in total. The highest BCUT2D eigenvalue weighted by molar-refractivity contribution is 5.25. The maximum atomic E-state index is 13.6. The Hall–Kier alpha value is -3.10. The molecule has 1 fully saturated rings. The molecule has 2 heterocycles. The SMILES string of the molecule is O=c1n2c(nn1[C@H]1C[C@H](Oc3ccc(F)c(F)c3)C1)CC[C@H]2c1cc(F)cc(F)c1. The lowest BCUT2D eigenvalue weighted by atomic mass is 9.89. The van der Waals surface area contributed by atoms with Crippen LogP contribution in [0.25, 0.3) is 0 Å². The highest BCUT2D eigenvalue weighted by atomic mass is 19.2. The first kappa shape index (κ1) is 18.9. The van der Waals surface area contributed by atoms with E-state index in [-0.39, 0.29) is 23.6 Å². The van der Waals surface area contributed by atoms with Crippen molar-refractivity contribution >= 4 is 0 Å². The molecular formula is C21H17F4N3O2. The zero-order chi connectivity index (χ0) is 21.0. The number of hydrogen-bond acceptors (Lipinski definition) is 3. The molecule has 2 aromatic carbocycles. The second-order valence-electron chi connectivity index (χ2n) is 7.71. The molecule has 2 aliphatic rings. The van der Waals surface area contributed by atoms with Crippen LogP contribution >= 0.6 is 0 Å². The van der Waals surface area contributed by atoms with Crippen molar-refractivity contribution < 1.29 is 22.3 Å². The van der Waals surface area contributed by atoms with E-state index in [4.69, 9.17) is 4.74 Å². The quantitative estimate of drug-likeness (QED) is 0.603. The number of fused-ring (bicyclic) bond motifs is 1. The number of aromatic nitrogens is 3. The van der Waals surface area contributed by atoms with Gasteiger partial charge in [-0.25, -0.2) is 27.0 Å². The molecule has 30 heavy (non-hydrogen) atoms. The van der Waals surface area contributed by atoms with Gasteiger partial charge < -0.3 is 4.74 Å². The molecule has 9 heteroatoms. The zero-order valence-electron chi connectivity index (χ0n) is 15.7. The molecule has 0 spiro atoms. The van der Waals surface area contributed by atoms with Gasteiger partial charge >= 0.3 is 5.69 Å². The van der Waals surface area contributed by atoms with Crippen LogP contribution in [0.15, 0.2) is 41.2 Å². The van der Waals surface area contributed by atoms with Gasteiger partial charge in [0.15, 0.2) is 11.6 Å². The maximum Gasteiger partial charge on any atom is 0.346 e. The predicted octanol–water partition coefficient (Wildman–Crippen LogP) is 3.92. The molecule has 0 unspecified atom stereocenters. The third kappa shape index (κ3) is 3.18. The van der Waals surface area contributed by atoms with Crippen LogP contribution in [0.4, 0.5) is 17.6 Å². The van der Waals surface area contributed by atoms with Crippen molar-refractivity contribution in [2.45, 2.75) is 43.9 Å². The average Bonchev–Trinajstić information content (AvgIpc) is 3.20. The molecule has 5 nitrogen and oxygen atoms in total. The van der Waals surface area contributed by atoms with Gasteiger partial charge in [0.25, 0.3) is 0 Å². The number of halogens is 4. The predicted molar refractivity (Wildman–Crippen MR) is 98.4 cm³/mol. The van der Waals surface area contributed by atoms with E-state index in [0.29, 0.717) is 37.1 Å². The van der Waals surface area contributed by atoms with Crippen LogP contribution in [0, 0.1) is 23.3 Å². The second-order valence-corrected chi connectivity index (χ2v) is 7.71. The van der Waals surface area contributed by atoms with Gasteiger partial charge in [-0.2, -0.15) is 5.10 Å². The first-order valence-electron chi connectivity index (χ1n) is 9.66. The van der Waals surface area contributed by atoms with Crippen molar-refractivity contribution in [1.82, 2.24) is 14.3 Å². The second kappa shape index (κ2) is 7.00. The lowest BCUT2D eigenvalue weighted by molar-refractivity contribution is 0.0619. The van der Waals surface area contributed by atoms with Gasteiger partial charge in [0.05, 0.1) is 12.1 Å². The molecule has 1 aliphatic heterocycles. The van der Waals surface area contributed by atoms with Gasteiger partial charge in [0.2, 0.25) is 0 Å². The largest absolute Gasteiger partial charge is 0.490 e. The van der Waals surface area contributed by atoms with Crippen molar-refractivity contribution in [3.8, 4) is 5.75 Å². The van der Waals surface area contributed by atoms with E-state index in [1.54, 1.807) is 0 Å². The fourth-order valence-electron chi connectivity index (χ4n) is 4.21. The Kier molecular flexibility index (Phi) is 4.41. The molecule has 156 valence electrons. The Morgan fingerprint density at radius 3 is 2.40 bits per heavy atom. The van der Waals surface area contributed by atoms with E-state index in [1.165, 1.54) is 27.4 Å². The molecule has 5 rings (SSSR count). The summed E-state index contributed by atoms with van der Waals surface area (Å²) in [4.78, 5) is 12.9. The standard InChI is InChI=1S/C21H17F4N3O2/c22-12-5-11(6-13(23)7-12)19-3-4-20-26-28(21(29)27(19)20)14-8-16(9-14)30-15-1-2-17(24)18(25)10-15/h1-2,5-7,10,14,16,19H,3-4,8-9H2/t14-,16-,19-/m0/s1. The first-order chi connectivity index (χ1) is 14.4. The third-order valence-corrected chi connectivity index (χ3v) is 5.74. The van der Waals surface area contributed by atoms with Gasteiger partial charge in [-0.3, -0.25) is 4.57 Å². The summed E-state index contributed by atoms with van der Waals surface area (Å²) in [6, 6.07) is 5.97. The summed E-state index contributed by atoms with van der Waals surface area (Å²) in [7, 11) is 0. The minimum atomic E-state index is -0.982. The molecule has 1 atom stereocenters. The number of aryl methyl sites for hydroxylation is 1. The molecule has 0 bridgehead atoms. The molecular weight excluding hydrogens is 402 g/mol. The number of ether oxygens (including phenoxy) is 1. The molecule has 3 aromatic rings. The Morgan fingerprint density at radius 2 is 1.70 bits per heavy atom. The van der Waals surface area contributed by atoms with E-state index in [1.807, 2.05) is 0 Å². The van der Waals surface area contributed by atoms with Gasteiger partial charge in [-0.05, 0) is 36.2 Å². The number of rotatable bonds is 4. The molecule has 1 saturated carbocycles. The van der Waals surface area contributed by atoms with Crippen LogP contribution in [0.5, 0.6) is 5.75 Å². The Morgan fingerprint density at radius 1 is 0.967 bits per heavy atom. The van der Waals surface area contributed by atoms with Crippen molar-refractivity contribution in [1.29, 1.82) is 0 Å². The maximum absolute atomic E-state index is 13.6. The Labute approximate surface area is 168 Å². The van der Waals surface area contributed by atoms with Crippen LogP contribution < -0.4 is 10.4 Å². The summed E-state index contributed by atoms with van der Waals surface area (Å²) < 4.78 is 62.1. The fourth-order valence-corrected chi connectivity index (χ4v) is 4.21. The minimum Gasteiger partial charge on any atom is -0.490 e. The summed E-state index contributed by atoms with van der Waals surface area (Å²) in [5, 5.41) is 4.41. The van der Waals surface area contributed by atoms with Crippen molar-refractivity contribution in [2.75, 3.05) is 0 Å². The fraction of sp³-hybridized carbons (Fsp3) is 0.333. The highest BCUT2D eigenvalue weighted by Gasteiger charge is 2.37. The van der Waals surface area contributed by atoms with Crippen molar-refractivity contribution in [3.63, 3.8) is 0 Å². The molecule has 0 saturated heterocycles. The topological polar surface area (TPSA) is 49.0 Å². The molecule has 0 amide bonds. The molecule has 0 radical (unpaired) electrons. The summed E-state index contributed by atoms with van der Waals surface area (Å²) in [6.45, 7) is 0. The van der Waals surface area contributed by atoms with E-state index >= 15 is 0 Å². The molecule has 1 aliphatic carbocycles. The summed E-state index contributed by atoms with van der Waals surface area (Å²) in [5.74, 6) is -2.49. The van der Waals surface area contributed by atoms with Gasteiger partial charge in [0, 0.05) is 31.4 Å². The number of hydrogen-bond donors (Lipinski definition) is 0. The summed E-state index contributed by atoms with van der Waals surface area (Å²) in [5.41, 5.74) is 0.0782. The Balaban J connectivity index is 1.32. The van der Waals surface area contributed by atoms with Crippen LogP contribution in [0.3, 0.4) is 0 Å². The minimum absolute atomic E-state index is 0.184. The van der Waals surface area contributed by atoms with Crippen molar-refractivity contribution in [3.05, 3.63) is 81.5 Å². The number of benzene rings is 2. The van der Waals surface area contributed by atoms with Crippen LogP contribution in [-0.2, 0) is 6.42 Å². The third-order valence-electron chi connectivity index (χ3n) is 5.74. The zero-order valence-corrected chi connectivity index (χ0v) is 15.7. The average molecular weight is 419 g/mol.